The summed E-state index contributed by atoms with van der Waals surface area (Å²) in [5.74, 6) is 1.90. The van der Waals surface area contributed by atoms with Crippen molar-refractivity contribution in [2.75, 3.05) is 19.7 Å². The highest BCUT2D eigenvalue weighted by Crippen LogP contribution is 2.14. The van der Waals surface area contributed by atoms with E-state index in [0.717, 1.165) is 37.4 Å². The highest BCUT2D eigenvalue weighted by Gasteiger charge is 2.13. The minimum Gasteiger partial charge on any atom is -0.494 e. The fraction of sp³-hybridized carbons (Fsp3) is 0.550. The summed E-state index contributed by atoms with van der Waals surface area (Å²) < 4.78 is 5.56. The van der Waals surface area contributed by atoms with Crippen LogP contribution in [0.1, 0.15) is 46.6 Å². The molecule has 0 N–H and O–H groups in total. The van der Waals surface area contributed by atoms with E-state index in [-0.39, 0.29) is 5.91 Å². The zero-order valence-corrected chi connectivity index (χ0v) is 15.2. The highest BCUT2D eigenvalue weighted by atomic mass is 16.5. The van der Waals surface area contributed by atoms with Gasteiger partial charge in [0.05, 0.1) is 6.61 Å². The van der Waals surface area contributed by atoms with Crippen molar-refractivity contribution >= 4 is 12.0 Å². The van der Waals surface area contributed by atoms with E-state index >= 15 is 0 Å². The molecule has 0 aromatic heterocycles. The smallest absolute Gasteiger partial charge is 0.246 e. The van der Waals surface area contributed by atoms with E-state index in [1.54, 1.807) is 6.08 Å². The number of carbonyl (C=O) groups is 1. The van der Waals surface area contributed by atoms with Crippen LogP contribution in [0.2, 0.25) is 0 Å². The largest absolute Gasteiger partial charge is 0.494 e. The van der Waals surface area contributed by atoms with Crippen molar-refractivity contribution in [1.82, 2.24) is 4.90 Å². The van der Waals surface area contributed by atoms with Crippen molar-refractivity contribution < 1.29 is 9.53 Å². The zero-order valence-electron chi connectivity index (χ0n) is 15.2. The number of hydrogen-bond donors (Lipinski definition) is 0. The molecule has 3 heteroatoms. The Balaban J connectivity index is 2.67. The third-order valence-corrected chi connectivity index (χ3v) is 3.25. The second-order valence-electron chi connectivity index (χ2n) is 6.78. The van der Waals surface area contributed by atoms with E-state index in [4.69, 9.17) is 4.74 Å². The Morgan fingerprint density at radius 2 is 1.65 bits per heavy atom. The van der Waals surface area contributed by atoms with Crippen LogP contribution in [0.25, 0.3) is 6.08 Å². The first-order valence-corrected chi connectivity index (χ1v) is 8.62. The summed E-state index contributed by atoms with van der Waals surface area (Å²) >= 11 is 0. The molecule has 0 radical (unpaired) electrons. The Morgan fingerprint density at radius 1 is 1.09 bits per heavy atom. The maximum Gasteiger partial charge on any atom is 0.246 e. The minimum atomic E-state index is 0.0821. The second kappa shape index (κ2) is 10.1. The van der Waals surface area contributed by atoms with Crippen LogP contribution in [0.4, 0.5) is 0 Å². The Bertz CT molecular complexity index is 479. The van der Waals surface area contributed by atoms with Gasteiger partial charge in [0.15, 0.2) is 0 Å². The monoisotopic (exact) mass is 317 g/mol. The highest BCUT2D eigenvalue weighted by molar-refractivity contribution is 5.91. The maximum atomic E-state index is 12.4. The molecule has 1 rings (SSSR count). The Hall–Kier alpha value is -1.77. The van der Waals surface area contributed by atoms with E-state index in [9.17, 15) is 4.79 Å². The molecule has 0 aliphatic carbocycles. The van der Waals surface area contributed by atoms with Gasteiger partial charge in [0.2, 0.25) is 5.91 Å². The Kier molecular flexibility index (Phi) is 8.46. The van der Waals surface area contributed by atoms with E-state index in [2.05, 4.69) is 34.6 Å². The van der Waals surface area contributed by atoms with Crippen LogP contribution in [0.5, 0.6) is 5.75 Å². The van der Waals surface area contributed by atoms with Crippen molar-refractivity contribution in [3.05, 3.63) is 35.9 Å². The molecule has 0 bridgehead atoms. The Labute approximate surface area is 141 Å². The fourth-order valence-electron chi connectivity index (χ4n) is 2.30. The van der Waals surface area contributed by atoms with Crippen LogP contribution >= 0.6 is 0 Å². The lowest BCUT2D eigenvalue weighted by Crippen LogP contribution is -2.35. The van der Waals surface area contributed by atoms with Crippen molar-refractivity contribution in [2.45, 2.75) is 41.0 Å². The van der Waals surface area contributed by atoms with Gasteiger partial charge in [0.25, 0.3) is 0 Å². The lowest BCUT2D eigenvalue weighted by atomic mass is 10.1. The Morgan fingerprint density at radius 3 is 2.13 bits per heavy atom. The van der Waals surface area contributed by atoms with Crippen LogP contribution in [-0.4, -0.2) is 30.5 Å². The van der Waals surface area contributed by atoms with Gasteiger partial charge in [0.1, 0.15) is 5.75 Å². The first kappa shape index (κ1) is 19.3. The summed E-state index contributed by atoms with van der Waals surface area (Å²) in [4.78, 5) is 14.3. The molecule has 1 aromatic rings. The third-order valence-electron chi connectivity index (χ3n) is 3.25. The summed E-state index contributed by atoms with van der Waals surface area (Å²) in [6.45, 7) is 13.0. The zero-order chi connectivity index (χ0) is 17.2. The summed E-state index contributed by atoms with van der Waals surface area (Å²) in [6.07, 6.45) is 4.55. The first-order valence-electron chi connectivity index (χ1n) is 8.62. The molecule has 0 fully saturated rings. The lowest BCUT2D eigenvalue weighted by Gasteiger charge is -2.25. The molecule has 128 valence electrons. The molecule has 3 nitrogen and oxygen atoms in total. The van der Waals surface area contributed by atoms with Crippen LogP contribution in [0.3, 0.4) is 0 Å². The predicted molar refractivity (Wildman–Crippen MR) is 97.5 cm³/mol. The van der Waals surface area contributed by atoms with Crippen molar-refractivity contribution in [1.29, 1.82) is 0 Å². The normalized spacial score (nSPS) is 11.4. The van der Waals surface area contributed by atoms with Gasteiger partial charge in [-0.25, -0.2) is 0 Å². The number of amides is 1. The third kappa shape index (κ3) is 7.87. The van der Waals surface area contributed by atoms with E-state index < -0.39 is 0 Å². The molecule has 0 heterocycles. The van der Waals surface area contributed by atoms with Gasteiger partial charge in [-0.1, -0.05) is 46.8 Å². The number of ether oxygens (including phenoxy) is 1. The standard InChI is InChI=1S/C20H31NO2/c1-6-13-23-19-10-7-18(8-11-19)9-12-20(22)21(14-16(2)3)15-17(4)5/h7-12,16-17H,6,13-15H2,1-5H3/b12-9+. The molecular weight excluding hydrogens is 286 g/mol. The molecular formula is C20H31NO2. The van der Waals surface area contributed by atoms with Gasteiger partial charge in [-0.2, -0.15) is 0 Å². The topological polar surface area (TPSA) is 29.5 Å². The van der Waals surface area contributed by atoms with Gasteiger partial charge in [-0.05, 0) is 42.0 Å². The van der Waals surface area contributed by atoms with Crippen molar-refractivity contribution in [2.24, 2.45) is 11.8 Å². The molecule has 0 aliphatic rings. The van der Waals surface area contributed by atoms with E-state index in [1.807, 2.05) is 35.2 Å². The molecule has 23 heavy (non-hydrogen) atoms. The molecule has 0 saturated heterocycles. The van der Waals surface area contributed by atoms with Crippen LogP contribution in [0, 0.1) is 11.8 Å². The van der Waals surface area contributed by atoms with Gasteiger partial charge >= 0.3 is 0 Å². The average molecular weight is 317 g/mol. The minimum absolute atomic E-state index is 0.0821. The average Bonchev–Trinajstić information content (AvgIpc) is 2.50. The molecule has 0 unspecified atom stereocenters. The molecule has 1 amide bonds. The van der Waals surface area contributed by atoms with Crippen molar-refractivity contribution in [3.8, 4) is 5.75 Å². The van der Waals surface area contributed by atoms with Crippen LogP contribution in [0.15, 0.2) is 30.3 Å². The molecule has 0 saturated carbocycles. The van der Waals surface area contributed by atoms with Crippen molar-refractivity contribution in [3.63, 3.8) is 0 Å². The first-order chi connectivity index (χ1) is 10.9. The number of carbonyl (C=O) groups excluding carboxylic acids is 1. The molecule has 0 spiro atoms. The fourth-order valence-corrected chi connectivity index (χ4v) is 2.30. The quantitative estimate of drug-likeness (QED) is 0.621. The van der Waals surface area contributed by atoms with Gasteiger partial charge in [-0.15, -0.1) is 0 Å². The summed E-state index contributed by atoms with van der Waals surface area (Å²) in [6, 6.07) is 7.84. The lowest BCUT2D eigenvalue weighted by molar-refractivity contribution is -0.127. The maximum absolute atomic E-state index is 12.4. The van der Waals surface area contributed by atoms with Gasteiger partial charge in [0, 0.05) is 19.2 Å². The number of nitrogens with zero attached hydrogens (tertiary/aromatic N) is 1. The van der Waals surface area contributed by atoms with Crippen LogP contribution < -0.4 is 4.74 Å². The summed E-state index contributed by atoms with van der Waals surface area (Å²) in [5.41, 5.74) is 1.01. The van der Waals surface area contributed by atoms with Crippen LogP contribution in [-0.2, 0) is 4.79 Å². The number of benzene rings is 1. The van der Waals surface area contributed by atoms with Gasteiger partial charge in [-0.3, -0.25) is 4.79 Å². The summed E-state index contributed by atoms with van der Waals surface area (Å²) in [5, 5.41) is 0. The molecule has 1 aromatic carbocycles. The van der Waals surface area contributed by atoms with Gasteiger partial charge < -0.3 is 9.64 Å². The number of hydrogen-bond acceptors (Lipinski definition) is 2. The SMILES string of the molecule is CCCOc1ccc(/C=C/C(=O)N(CC(C)C)CC(C)C)cc1. The molecule has 0 aliphatic heterocycles. The predicted octanol–water partition coefficient (Wildman–Crippen LogP) is 4.63. The second-order valence-corrected chi connectivity index (χ2v) is 6.78. The van der Waals surface area contributed by atoms with E-state index in [0.29, 0.717) is 11.8 Å². The number of rotatable bonds is 9. The van der Waals surface area contributed by atoms with E-state index in [1.165, 1.54) is 0 Å². The molecule has 0 atom stereocenters. The summed E-state index contributed by atoms with van der Waals surface area (Å²) in [7, 11) is 0.